The molecule has 24 heavy (non-hydrogen) atoms. The summed E-state index contributed by atoms with van der Waals surface area (Å²) >= 11 is 0. The van der Waals surface area contributed by atoms with Crippen LogP contribution in [0.2, 0.25) is 0 Å². The highest BCUT2D eigenvalue weighted by atomic mass is 32.2. The minimum Gasteiger partial charge on any atom is -0.360 e. The van der Waals surface area contributed by atoms with E-state index in [4.69, 9.17) is 4.52 Å². The quantitative estimate of drug-likeness (QED) is 0.867. The first-order valence-corrected chi connectivity index (χ1v) is 9.69. The van der Waals surface area contributed by atoms with E-state index in [-0.39, 0.29) is 10.9 Å². The van der Waals surface area contributed by atoms with Crippen LogP contribution in [-0.4, -0.2) is 38.1 Å². The minimum absolute atomic E-state index is 0.0314. The Bertz CT molecular complexity index is 761. The van der Waals surface area contributed by atoms with Gasteiger partial charge in [-0.3, -0.25) is 4.90 Å². The summed E-state index contributed by atoms with van der Waals surface area (Å²) < 4.78 is 33.1. The van der Waals surface area contributed by atoms with Crippen LogP contribution in [0, 0.1) is 13.8 Å². The van der Waals surface area contributed by atoms with Crippen LogP contribution in [-0.2, 0) is 10.0 Å². The number of likely N-dealkylation sites (tertiary alicyclic amines) is 1. The molecule has 1 aliphatic heterocycles. The number of hydrogen-bond donors (Lipinski definition) is 1. The smallest absolute Gasteiger partial charge is 0.246 e. The van der Waals surface area contributed by atoms with Crippen molar-refractivity contribution in [3.8, 4) is 0 Å². The highest BCUT2D eigenvalue weighted by molar-refractivity contribution is 7.89. The summed E-state index contributed by atoms with van der Waals surface area (Å²) in [5.74, 6) is 0.317. The van der Waals surface area contributed by atoms with Gasteiger partial charge < -0.3 is 4.52 Å². The van der Waals surface area contributed by atoms with Gasteiger partial charge in [0.1, 0.15) is 10.6 Å². The fourth-order valence-electron chi connectivity index (χ4n) is 3.31. The van der Waals surface area contributed by atoms with Gasteiger partial charge in [-0.05, 0) is 45.3 Å². The molecule has 0 radical (unpaired) electrons. The molecule has 1 atom stereocenters. The molecule has 1 aromatic heterocycles. The molecular weight excluding hydrogens is 326 g/mol. The molecule has 7 heteroatoms. The predicted molar refractivity (Wildman–Crippen MR) is 91.2 cm³/mol. The monoisotopic (exact) mass is 349 g/mol. The fraction of sp³-hybridized carbons (Fsp3) is 0.471. The van der Waals surface area contributed by atoms with Gasteiger partial charge in [-0.25, -0.2) is 13.1 Å². The second-order valence-corrected chi connectivity index (χ2v) is 7.88. The Morgan fingerprint density at radius 1 is 1.21 bits per heavy atom. The van der Waals surface area contributed by atoms with Crippen molar-refractivity contribution in [2.75, 3.05) is 19.6 Å². The second kappa shape index (κ2) is 7.04. The predicted octanol–water partition coefficient (Wildman–Crippen LogP) is 2.41. The molecule has 3 rings (SSSR count). The molecule has 1 N–H and O–H groups in total. The summed E-state index contributed by atoms with van der Waals surface area (Å²) in [5.41, 5.74) is 1.51. The third-order valence-corrected chi connectivity index (χ3v) is 6.14. The van der Waals surface area contributed by atoms with Crippen molar-refractivity contribution >= 4 is 10.0 Å². The van der Waals surface area contributed by atoms with Gasteiger partial charge in [0.15, 0.2) is 5.76 Å². The van der Waals surface area contributed by atoms with Crippen LogP contribution in [0.3, 0.4) is 0 Å². The van der Waals surface area contributed by atoms with E-state index in [0.717, 1.165) is 31.5 Å². The highest BCUT2D eigenvalue weighted by Crippen LogP contribution is 2.25. The summed E-state index contributed by atoms with van der Waals surface area (Å²) in [6.07, 6.45) is 2.31. The van der Waals surface area contributed by atoms with Gasteiger partial charge in [-0.2, -0.15) is 0 Å². The zero-order valence-electron chi connectivity index (χ0n) is 14.0. The van der Waals surface area contributed by atoms with Crippen LogP contribution in [0.15, 0.2) is 39.8 Å². The lowest BCUT2D eigenvalue weighted by molar-refractivity contribution is 0.246. The third kappa shape index (κ3) is 3.53. The Morgan fingerprint density at radius 3 is 2.46 bits per heavy atom. The first kappa shape index (κ1) is 17.1. The van der Waals surface area contributed by atoms with Crippen LogP contribution < -0.4 is 4.72 Å². The number of rotatable bonds is 6. The Morgan fingerprint density at radius 2 is 1.88 bits per heavy atom. The lowest BCUT2D eigenvalue weighted by atomic mass is 10.1. The topological polar surface area (TPSA) is 75.4 Å². The number of sulfonamides is 1. The maximum absolute atomic E-state index is 12.7. The van der Waals surface area contributed by atoms with Gasteiger partial charge in [0, 0.05) is 12.6 Å². The van der Waals surface area contributed by atoms with Crippen molar-refractivity contribution in [3.05, 3.63) is 47.3 Å². The molecule has 6 nitrogen and oxygen atoms in total. The van der Waals surface area contributed by atoms with E-state index in [9.17, 15) is 8.42 Å². The number of nitrogens with one attached hydrogen (secondary N) is 1. The van der Waals surface area contributed by atoms with Gasteiger partial charge in [0.05, 0.1) is 0 Å². The summed E-state index contributed by atoms with van der Waals surface area (Å²) in [5, 5.41) is 3.74. The van der Waals surface area contributed by atoms with Crippen molar-refractivity contribution in [1.29, 1.82) is 0 Å². The Hall–Kier alpha value is -1.70. The summed E-state index contributed by atoms with van der Waals surface area (Å²) in [7, 11) is -3.64. The molecule has 0 saturated carbocycles. The Kier molecular flexibility index (Phi) is 5.03. The molecule has 0 bridgehead atoms. The van der Waals surface area contributed by atoms with Gasteiger partial charge in [-0.1, -0.05) is 35.5 Å². The third-order valence-electron chi connectivity index (χ3n) is 4.47. The maximum Gasteiger partial charge on any atom is 0.246 e. The average molecular weight is 349 g/mol. The van der Waals surface area contributed by atoms with Crippen LogP contribution in [0.25, 0.3) is 0 Å². The number of benzene rings is 1. The largest absolute Gasteiger partial charge is 0.360 e. The molecule has 2 heterocycles. The van der Waals surface area contributed by atoms with Gasteiger partial charge in [-0.15, -0.1) is 0 Å². The summed E-state index contributed by atoms with van der Waals surface area (Å²) in [6, 6.07) is 10.1. The molecule has 0 amide bonds. The summed E-state index contributed by atoms with van der Waals surface area (Å²) in [6.45, 7) is 5.57. The van der Waals surface area contributed by atoms with E-state index in [1.54, 1.807) is 13.8 Å². The van der Waals surface area contributed by atoms with Crippen molar-refractivity contribution in [3.63, 3.8) is 0 Å². The average Bonchev–Trinajstić information content (AvgIpc) is 3.19. The van der Waals surface area contributed by atoms with Crippen LogP contribution in [0.1, 0.15) is 35.9 Å². The van der Waals surface area contributed by atoms with Crippen molar-refractivity contribution in [1.82, 2.24) is 14.8 Å². The SMILES string of the molecule is Cc1noc(C)c1S(=O)(=O)NC[C@H](c1ccccc1)N1CCCC1. The number of aromatic nitrogens is 1. The number of hydrogen-bond acceptors (Lipinski definition) is 5. The standard InChI is InChI=1S/C17H23N3O3S/c1-13-17(14(2)23-19-13)24(21,22)18-12-16(20-10-6-7-11-20)15-8-4-3-5-9-15/h3-5,8-9,16,18H,6-7,10-12H2,1-2H3/t16-/m1/s1. The highest BCUT2D eigenvalue weighted by Gasteiger charge is 2.28. The van der Waals surface area contributed by atoms with Crippen molar-refractivity contribution < 1.29 is 12.9 Å². The molecule has 130 valence electrons. The minimum atomic E-state index is -3.64. The normalized spacial score (nSPS) is 17.2. The van der Waals surface area contributed by atoms with Crippen molar-refractivity contribution in [2.24, 2.45) is 0 Å². The molecule has 1 aromatic carbocycles. The van der Waals surface area contributed by atoms with Gasteiger partial charge in [0.25, 0.3) is 0 Å². The molecule has 1 aliphatic rings. The van der Waals surface area contributed by atoms with E-state index in [1.165, 1.54) is 0 Å². The van der Waals surface area contributed by atoms with E-state index in [0.29, 0.717) is 18.0 Å². The molecule has 0 unspecified atom stereocenters. The first-order chi connectivity index (χ1) is 11.5. The Labute approximate surface area is 142 Å². The molecule has 0 aliphatic carbocycles. The van der Waals surface area contributed by atoms with Crippen LogP contribution in [0.4, 0.5) is 0 Å². The first-order valence-electron chi connectivity index (χ1n) is 8.20. The molecular formula is C17H23N3O3S. The second-order valence-electron chi connectivity index (χ2n) is 6.17. The molecule has 1 saturated heterocycles. The fourth-order valence-corrected chi connectivity index (χ4v) is 4.67. The van der Waals surface area contributed by atoms with Crippen LogP contribution in [0.5, 0.6) is 0 Å². The van der Waals surface area contributed by atoms with Crippen LogP contribution >= 0.6 is 0 Å². The molecule has 2 aromatic rings. The maximum atomic E-state index is 12.7. The zero-order chi connectivity index (χ0) is 17.2. The van der Waals surface area contributed by atoms with Gasteiger partial charge >= 0.3 is 0 Å². The number of aryl methyl sites for hydroxylation is 2. The lowest BCUT2D eigenvalue weighted by Crippen LogP contribution is -2.37. The lowest BCUT2D eigenvalue weighted by Gasteiger charge is -2.28. The zero-order valence-corrected chi connectivity index (χ0v) is 14.8. The summed E-state index contributed by atoms with van der Waals surface area (Å²) in [4.78, 5) is 2.49. The molecule has 1 fully saturated rings. The molecule has 0 spiro atoms. The van der Waals surface area contributed by atoms with Gasteiger partial charge in [0.2, 0.25) is 10.0 Å². The number of nitrogens with zero attached hydrogens (tertiary/aromatic N) is 2. The van der Waals surface area contributed by atoms with E-state index in [2.05, 4.69) is 14.8 Å². The van der Waals surface area contributed by atoms with E-state index >= 15 is 0 Å². The van der Waals surface area contributed by atoms with E-state index in [1.807, 2.05) is 30.3 Å². The van der Waals surface area contributed by atoms with E-state index < -0.39 is 10.0 Å². The van der Waals surface area contributed by atoms with Crippen molar-refractivity contribution in [2.45, 2.75) is 37.6 Å². The Balaban J connectivity index is 1.81.